The van der Waals surface area contributed by atoms with Crippen molar-refractivity contribution in [2.75, 3.05) is 19.8 Å². The summed E-state index contributed by atoms with van der Waals surface area (Å²) in [7, 11) is -0.224. The molecule has 3 fully saturated rings. The number of hydrogen-bond acceptors (Lipinski definition) is 2. The van der Waals surface area contributed by atoms with Gasteiger partial charge in [0.05, 0.1) is 6.61 Å². The van der Waals surface area contributed by atoms with Crippen LogP contribution in [0.3, 0.4) is 0 Å². The van der Waals surface area contributed by atoms with Crippen LogP contribution in [0.1, 0.15) is 25.7 Å². The van der Waals surface area contributed by atoms with Gasteiger partial charge in [0, 0.05) is 18.5 Å². The minimum atomic E-state index is -0.224. The molecule has 2 heterocycles. The van der Waals surface area contributed by atoms with E-state index in [2.05, 4.69) is 11.3 Å². The summed E-state index contributed by atoms with van der Waals surface area (Å²) in [5, 5.41) is 0. The van der Waals surface area contributed by atoms with Gasteiger partial charge in [-0.1, -0.05) is 12.8 Å². The highest BCUT2D eigenvalue weighted by Crippen LogP contribution is 2.55. The van der Waals surface area contributed by atoms with Gasteiger partial charge >= 0.3 is 0 Å². The highest BCUT2D eigenvalue weighted by molar-refractivity contribution is 7.49. The zero-order chi connectivity index (χ0) is 8.84. The smallest absolute Gasteiger partial charge is 0.101 e. The van der Waals surface area contributed by atoms with Crippen molar-refractivity contribution in [2.24, 2.45) is 11.8 Å². The van der Waals surface area contributed by atoms with E-state index in [-0.39, 0.29) is 8.30 Å². The van der Waals surface area contributed by atoms with Crippen LogP contribution in [0.2, 0.25) is 0 Å². The lowest BCUT2D eigenvalue weighted by Gasteiger charge is -2.33. The molecule has 3 rings (SSSR count). The average molecular weight is 199 g/mol. The molecule has 2 bridgehead atoms. The first kappa shape index (κ1) is 8.64. The van der Waals surface area contributed by atoms with Crippen molar-refractivity contribution >= 4 is 8.30 Å². The van der Waals surface area contributed by atoms with Gasteiger partial charge in [0.2, 0.25) is 0 Å². The third-order valence-electron chi connectivity index (χ3n) is 4.03. The van der Waals surface area contributed by atoms with Gasteiger partial charge in [-0.25, -0.2) is 0 Å². The van der Waals surface area contributed by atoms with Gasteiger partial charge in [-0.3, -0.25) is 4.67 Å². The van der Waals surface area contributed by atoms with Crippen LogP contribution in [0.25, 0.3) is 0 Å². The van der Waals surface area contributed by atoms with Crippen molar-refractivity contribution in [1.29, 1.82) is 0 Å². The maximum absolute atomic E-state index is 5.85. The van der Waals surface area contributed by atoms with Gasteiger partial charge in [0.25, 0.3) is 0 Å². The molecule has 0 amide bonds. The number of hydrogen-bond donors (Lipinski definition) is 0. The summed E-state index contributed by atoms with van der Waals surface area (Å²) in [6.07, 6.45) is 5.83. The van der Waals surface area contributed by atoms with Crippen LogP contribution in [0, 0.1) is 11.8 Å². The summed E-state index contributed by atoms with van der Waals surface area (Å²) in [5.74, 6) is 1.87. The van der Waals surface area contributed by atoms with Gasteiger partial charge in [0.1, 0.15) is 8.30 Å². The van der Waals surface area contributed by atoms with Gasteiger partial charge in [-0.2, -0.15) is 0 Å². The minimum absolute atomic E-state index is 0.224. The molecule has 2 saturated heterocycles. The van der Waals surface area contributed by atoms with Crippen LogP contribution >= 0.6 is 8.30 Å². The Morgan fingerprint density at radius 1 is 1.31 bits per heavy atom. The van der Waals surface area contributed by atoms with E-state index in [9.17, 15) is 0 Å². The molecule has 0 aromatic heterocycles. The molecule has 13 heavy (non-hydrogen) atoms. The number of nitrogens with zero attached hydrogens (tertiary/aromatic N) is 1. The molecule has 1 aliphatic carbocycles. The van der Waals surface area contributed by atoms with E-state index in [1.807, 2.05) is 0 Å². The van der Waals surface area contributed by atoms with Crippen molar-refractivity contribution in [3.05, 3.63) is 0 Å². The Bertz CT molecular complexity index is 209. The zero-order valence-corrected chi connectivity index (χ0v) is 9.17. The van der Waals surface area contributed by atoms with Crippen LogP contribution in [0.4, 0.5) is 0 Å². The fraction of sp³-hybridized carbons (Fsp3) is 1.00. The highest BCUT2D eigenvalue weighted by Gasteiger charge is 2.47. The molecule has 4 unspecified atom stereocenters. The largest absolute Gasteiger partial charge is 0.343 e. The van der Waals surface area contributed by atoms with E-state index in [4.69, 9.17) is 4.52 Å². The van der Waals surface area contributed by atoms with Gasteiger partial charge in [-0.05, 0) is 25.4 Å². The Morgan fingerprint density at radius 2 is 2.15 bits per heavy atom. The van der Waals surface area contributed by atoms with Crippen molar-refractivity contribution < 1.29 is 4.52 Å². The van der Waals surface area contributed by atoms with E-state index in [1.54, 1.807) is 0 Å². The third-order valence-corrected chi connectivity index (χ3v) is 5.73. The standard InChI is InChI=1S/C10H18NOP/c1-13-11-6-8(7-12-13)9-4-2-3-5-10(9)11/h8-10H,2-7H2,1H3/t8-,9?,10?,13?/m0/s1. The van der Waals surface area contributed by atoms with Crippen molar-refractivity contribution in [3.63, 3.8) is 0 Å². The maximum atomic E-state index is 5.85. The Balaban J connectivity index is 1.85. The van der Waals surface area contributed by atoms with Crippen LogP contribution in [0.5, 0.6) is 0 Å². The normalized spacial score (nSPS) is 54.7. The predicted molar refractivity (Wildman–Crippen MR) is 54.7 cm³/mol. The van der Waals surface area contributed by atoms with Crippen molar-refractivity contribution in [2.45, 2.75) is 31.7 Å². The molecule has 3 heteroatoms. The quantitative estimate of drug-likeness (QED) is 0.556. The van der Waals surface area contributed by atoms with Gasteiger partial charge in [0.15, 0.2) is 0 Å². The summed E-state index contributed by atoms with van der Waals surface area (Å²) in [4.78, 5) is 0. The molecular formula is C10H18NOP. The minimum Gasteiger partial charge on any atom is -0.343 e. The number of fused-ring (bicyclic) bond motifs is 5. The second-order valence-electron chi connectivity index (χ2n) is 4.66. The number of rotatable bonds is 0. The van der Waals surface area contributed by atoms with E-state index in [1.165, 1.54) is 32.2 Å². The SMILES string of the molecule is CP1OC[C@@H]2CN1C1CCCCC12. The molecule has 2 nitrogen and oxygen atoms in total. The van der Waals surface area contributed by atoms with E-state index < -0.39 is 0 Å². The molecule has 0 aromatic carbocycles. The molecule has 0 N–H and O–H groups in total. The second-order valence-corrected chi connectivity index (χ2v) is 6.36. The summed E-state index contributed by atoms with van der Waals surface area (Å²) in [6.45, 7) is 4.68. The predicted octanol–water partition coefficient (Wildman–Crippen LogP) is 2.45. The summed E-state index contributed by atoms with van der Waals surface area (Å²) >= 11 is 0. The molecule has 0 spiro atoms. The lowest BCUT2D eigenvalue weighted by atomic mass is 9.80. The molecule has 5 atom stereocenters. The molecule has 3 aliphatic rings. The Morgan fingerprint density at radius 3 is 3.08 bits per heavy atom. The fourth-order valence-corrected chi connectivity index (χ4v) is 5.05. The Hall–Kier alpha value is 0.350. The summed E-state index contributed by atoms with van der Waals surface area (Å²) in [5.41, 5.74) is 0. The lowest BCUT2D eigenvalue weighted by Crippen LogP contribution is -2.30. The van der Waals surface area contributed by atoms with Crippen LogP contribution in [-0.2, 0) is 4.52 Å². The Labute approximate surface area is 81.5 Å². The summed E-state index contributed by atoms with van der Waals surface area (Å²) < 4.78 is 8.52. The second kappa shape index (κ2) is 3.18. The lowest BCUT2D eigenvalue weighted by molar-refractivity contribution is 0.208. The molecule has 0 radical (unpaired) electrons. The average Bonchev–Trinajstić information content (AvgIpc) is 2.48. The summed E-state index contributed by atoms with van der Waals surface area (Å²) in [6, 6.07) is 0.900. The first-order valence-electron chi connectivity index (χ1n) is 5.49. The van der Waals surface area contributed by atoms with Gasteiger partial charge < -0.3 is 4.52 Å². The molecule has 74 valence electrons. The maximum Gasteiger partial charge on any atom is 0.101 e. The monoisotopic (exact) mass is 199 g/mol. The van der Waals surface area contributed by atoms with E-state index in [0.717, 1.165) is 24.5 Å². The molecule has 2 aliphatic heterocycles. The van der Waals surface area contributed by atoms with Crippen LogP contribution in [0.15, 0.2) is 0 Å². The first-order valence-corrected chi connectivity index (χ1v) is 7.15. The van der Waals surface area contributed by atoms with E-state index in [0.29, 0.717) is 0 Å². The third kappa shape index (κ3) is 1.26. The van der Waals surface area contributed by atoms with Crippen molar-refractivity contribution in [3.8, 4) is 0 Å². The Kier molecular flexibility index (Phi) is 2.12. The molecular weight excluding hydrogens is 181 g/mol. The molecule has 1 saturated carbocycles. The van der Waals surface area contributed by atoms with Crippen LogP contribution < -0.4 is 0 Å². The fourth-order valence-electron chi connectivity index (χ4n) is 3.35. The highest BCUT2D eigenvalue weighted by atomic mass is 31.2. The topological polar surface area (TPSA) is 12.5 Å². The van der Waals surface area contributed by atoms with E-state index >= 15 is 0 Å². The zero-order valence-electron chi connectivity index (χ0n) is 8.28. The van der Waals surface area contributed by atoms with Crippen molar-refractivity contribution in [1.82, 2.24) is 4.67 Å². The van der Waals surface area contributed by atoms with Gasteiger partial charge in [-0.15, -0.1) is 0 Å². The first-order chi connectivity index (χ1) is 6.36. The van der Waals surface area contributed by atoms with Crippen LogP contribution in [-0.4, -0.2) is 30.5 Å². The molecule has 0 aromatic rings.